The maximum atomic E-state index is 12.6. The molecule has 0 radical (unpaired) electrons. The molecular formula is C13H20BrN3O2. The molecule has 0 aromatic carbocycles. The lowest BCUT2D eigenvalue weighted by Crippen LogP contribution is -2.42. The van der Waals surface area contributed by atoms with Crippen LogP contribution in [0.1, 0.15) is 30.8 Å². The van der Waals surface area contributed by atoms with Gasteiger partial charge in [-0.05, 0) is 34.2 Å². The van der Waals surface area contributed by atoms with Crippen LogP contribution in [0.3, 0.4) is 0 Å². The number of nitrogens with zero attached hydrogens (tertiary/aromatic N) is 3. The van der Waals surface area contributed by atoms with Crippen molar-refractivity contribution in [1.29, 1.82) is 0 Å². The fourth-order valence-corrected chi connectivity index (χ4v) is 3.49. The van der Waals surface area contributed by atoms with E-state index in [0.717, 1.165) is 13.1 Å². The highest BCUT2D eigenvalue weighted by Gasteiger charge is 2.30. The lowest BCUT2D eigenvalue weighted by Gasteiger charge is -2.34. The number of amides is 1. The number of carbonyl (C=O) groups excluding carboxylic acids is 1. The monoisotopic (exact) mass is 329 g/mol. The average molecular weight is 330 g/mol. The molecule has 0 saturated carbocycles. The summed E-state index contributed by atoms with van der Waals surface area (Å²) in [5.74, 6) is 1.62. The van der Waals surface area contributed by atoms with E-state index >= 15 is 0 Å². The summed E-state index contributed by atoms with van der Waals surface area (Å²) in [5, 5.41) is 4.26. The van der Waals surface area contributed by atoms with Crippen LogP contribution in [0.2, 0.25) is 0 Å². The molecule has 1 amide bonds. The Labute approximate surface area is 122 Å². The van der Waals surface area contributed by atoms with Crippen molar-refractivity contribution in [2.24, 2.45) is 18.9 Å². The van der Waals surface area contributed by atoms with E-state index in [2.05, 4.69) is 34.9 Å². The first-order chi connectivity index (χ1) is 8.93. The number of methoxy groups -OCH3 is 1. The second-order valence-electron chi connectivity index (χ2n) is 5.45. The molecule has 19 heavy (non-hydrogen) atoms. The Morgan fingerprint density at radius 1 is 1.37 bits per heavy atom. The first-order valence-corrected chi connectivity index (χ1v) is 7.29. The third-order valence-corrected chi connectivity index (χ3v) is 4.21. The molecular weight excluding hydrogens is 310 g/mol. The molecule has 5 nitrogen and oxygen atoms in total. The highest BCUT2D eigenvalue weighted by molar-refractivity contribution is 9.10. The number of hydrogen-bond acceptors (Lipinski definition) is 3. The summed E-state index contributed by atoms with van der Waals surface area (Å²) in [4.78, 5) is 14.5. The van der Waals surface area contributed by atoms with Gasteiger partial charge in [0.1, 0.15) is 4.47 Å². The summed E-state index contributed by atoms with van der Waals surface area (Å²) in [6.07, 6.45) is 1.18. The predicted molar refractivity (Wildman–Crippen MR) is 76.3 cm³/mol. The zero-order chi connectivity index (χ0) is 14.2. The van der Waals surface area contributed by atoms with Crippen LogP contribution in [-0.2, 0) is 7.05 Å². The number of hydrogen-bond donors (Lipinski definition) is 0. The normalized spacial score (nSPS) is 23.5. The quantitative estimate of drug-likeness (QED) is 0.836. The lowest BCUT2D eigenvalue weighted by molar-refractivity contribution is 0.0615. The summed E-state index contributed by atoms with van der Waals surface area (Å²) < 4.78 is 7.43. The van der Waals surface area contributed by atoms with Crippen LogP contribution in [-0.4, -0.2) is 40.8 Å². The van der Waals surface area contributed by atoms with Gasteiger partial charge < -0.3 is 9.64 Å². The number of halogens is 1. The Morgan fingerprint density at radius 3 is 2.42 bits per heavy atom. The Balaban J connectivity index is 2.24. The fraction of sp³-hybridized carbons (Fsp3) is 0.692. The van der Waals surface area contributed by atoms with Crippen molar-refractivity contribution < 1.29 is 9.53 Å². The van der Waals surface area contributed by atoms with Crippen molar-refractivity contribution in [3.05, 3.63) is 10.2 Å². The summed E-state index contributed by atoms with van der Waals surface area (Å²) in [5.41, 5.74) is 0.431. The maximum absolute atomic E-state index is 12.6. The highest BCUT2D eigenvalue weighted by Crippen LogP contribution is 2.30. The smallest absolute Gasteiger partial charge is 0.275 e. The molecule has 0 N–H and O–H groups in total. The molecule has 2 heterocycles. The van der Waals surface area contributed by atoms with Gasteiger partial charge in [-0.15, -0.1) is 0 Å². The molecule has 1 aromatic heterocycles. The van der Waals surface area contributed by atoms with E-state index in [1.807, 2.05) is 4.90 Å². The number of likely N-dealkylation sites (tertiary alicyclic amines) is 1. The predicted octanol–water partition coefficient (Wildman–Crippen LogP) is 2.31. The number of aryl methyl sites for hydroxylation is 1. The van der Waals surface area contributed by atoms with Crippen molar-refractivity contribution >= 4 is 21.8 Å². The first kappa shape index (κ1) is 14.4. The Kier molecular flexibility index (Phi) is 4.18. The minimum Gasteiger partial charge on any atom is -0.480 e. The van der Waals surface area contributed by atoms with E-state index in [1.54, 1.807) is 18.8 Å². The van der Waals surface area contributed by atoms with Crippen molar-refractivity contribution in [3.8, 4) is 5.88 Å². The first-order valence-electron chi connectivity index (χ1n) is 6.49. The summed E-state index contributed by atoms with van der Waals surface area (Å²) in [6.45, 7) is 5.97. The van der Waals surface area contributed by atoms with Gasteiger partial charge in [-0.1, -0.05) is 13.8 Å². The molecule has 1 fully saturated rings. The van der Waals surface area contributed by atoms with Crippen LogP contribution in [0.5, 0.6) is 5.88 Å². The van der Waals surface area contributed by atoms with Gasteiger partial charge in [-0.2, -0.15) is 5.10 Å². The number of rotatable bonds is 2. The van der Waals surface area contributed by atoms with Gasteiger partial charge in [-0.3, -0.25) is 4.79 Å². The summed E-state index contributed by atoms with van der Waals surface area (Å²) in [7, 11) is 3.34. The summed E-state index contributed by atoms with van der Waals surface area (Å²) >= 11 is 3.40. The van der Waals surface area contributed by atoms with E-state index in [4.69, 9.17) is 4.74 Å². The van der Waals surface area contributed by atoms with Gasteiger partial charge in [0.15, 0.2) is 5.69 Å². The Morgan fingerprint density at radius 2 is 1.95 bits per heavy atom. The third-order valence-electron chi connectivity index (χ3n) is 3.49. The minimum absolute atomic E-state index is 0.0239. The summed E-state index contributed by atoms with van der Waals surface area (Å²) in [6, 6.07) is 0. The van der Waals surface area contributed by atoms with Gasteiger partial charge in [0, 0.05) is 20.1 Å². The zero-order valence-electron chi connectivity index (χ0n) is 11.8. The molecule has 2 rings (SSSR count). The molecule has 1 aliphatic rings. The average Bonchev–Trinajstić information content (AvgIpc) is 2.62. The van der Waals surface area contributed by atoms with Crippen molar-refractivity contribution in [3.63, 3.8) is 0 Å². The van der Waals surface area contributed by atoms with Crippen LogP contribution in [0.25, 0.3) is 0 Å². The minimum atomic E-state index is -0.0239. The van der Waals surface area contributed by atoms with E-state index < -0.39 is 0 Å². The topological polar surface area (TPSA) is 47.4 Å². The molecule has 2 atom stereocenters. The van der Waals surface area contributed by atoms with Gasteiger partial charge in [0.2, 0.25) is 5.88 Å². The molecule has 1 aromatic rings. The Bertz CT molecular complexity index is 476. The molecule has 6 heteroatoms. The molecule has 0 spiro atoms. The Hall–Kier alpha value is -1.04. The fourth-order valence-electron chi connectivity index (χ4n) is 2.82. The highest BCUT2D eigenvalue weighted by atomic mass is 79.9. The number of carbonyl (C=O) groups is 1. The second kappa shape index (κ2) is 5.53. The van der Waals surface area contributed by atoms with Crippen LogP contribution in [0.15, 0.2) is 4.47 Å². The second-order valence-corrected chi connectivity index (χ2v) is 6.24. The zero-order valence-corrected chi connectivity index (χ0v) is 13.4. The van der Waals surface area contributed by atoms with Gasteiger partial charge in [-0.25, -0.2) is 4.68 Å². The van der Waals surface area contributed by atoms with Gasteiger partial charge in [0.25, 0.3) is 5.91 Å². The van der Waals surface area contributed by atoms with Gasteiger partial charge in [0.05, 0.1) is 7.11 Å². The van der Waals surface area contributed by atoms with E-state index in [-0.39, 0.29) is 5.91 Å². The van der Waals surface area contributed by atoms with E-state index in [9.17, 15) is 4.79 Å². The molecule has 0 aliphatic carbocycles. The molecule has 1 aliphatic heterocycles. The number of piperidine rings is 1. The maximum Gasteiger partial charge on any atom is 0.275 e. The molecule has 2 unspecified atom stereocenters. The third kappa shape index (κ3) is 2.78. The number of ether oxygens (including phenoxy) is 1. The van der Waals surface area contributed by atoms with Gasteiger partial charge >= 0.3 is 0 Å². The van der Waals surface area contributed by atoms with Crippen LogP contribution in [0, 0.1) is 11.8 Å². The van der Waals surface area contributed by atoms with Crippen molar-refractivity contribution in [1.82, 2.24) is 14.7 Å². The van der Waals surface area contributed by atoms with Crippen molar-refractivity contribution in [2.75, 3.05) is 20.2 Å². The lowest BCUT2D eigenvalue weighted by atomic mass is 9.92. The van der Waals surface area contributed by atoms with E-state index in [1.165, 1.54) is 6.42 Å². The van der Waals surface area contributed by atoms with Crippen LogP contribution < -0.4 is 4.74 Å². The number of aromatic nitrogens is 2. The molecule has 0 bridgehead atoms. The van der Waals surface area contributed by atoms with Crippen molar-refractivity contribution in [2.45, 2.75) is 20.3 Å². The molecule has 1 saturated heterocycles. The molecule has 106 valence electrons. The SMILES string of the molecule is COc1c(Br)c(C(=O)N2CC(C)CC(C)C2)nn1C. The largest absolute Gasteiger partial charge is 0.480 e. The van der Waals surface area contributed by atoms with Crippen LogP contribution in [0.4, 0.5) is 0 Å². The van der Waals surface area contributed by atoms with E-state index in [0.29, 0.717) is 27.9 Å². The standard InChI is InChI=1S/C13H20BrN3O2/c1-8-5-9(2)7-17(6-8)12(18)11-10(14)13(19-4)16(3)15-11/h8-9H,5-7H2,1-4H3. The van der Waals surface area contributed by atoms with Crippen LogP contribution >= 0.6 is 15.9 Å².